The minimum Gasteiger partial charge on any atom is -0.478 e. The van der Waals surface area contributed by atoms with Gasteiger partial charge in [-0.2, -0.15) is 0 Å². The Bertz CT molecular complexity index is 1220. The Hall–Kier alpha value is -3.11. The largest absolute Gasteiger partial charge is 0.478 e. The summed E-state index contributed by atoms with van der Waals surface area (Å²) in [4.78, 5) is 33.9. The number of amides is 1. The van der Waals surface area contributed by atoms with Crippen molar-refractivity contribution >= 4 is 46.6 Å². The predicted octanol–water partition coefficient (Wildman–Crippen LogP) is 4.39. The van der Waals surface area contributed by atoms with E-state index in [0.29, 0.717) is 47.5 Å². The number of carbonyl (C=O) groups is 2. The monoisotopic (exact) mass is 517 g/mol. The Morgan fingerprint density at radius 1 is 1.14 bits per heavy atom. The Morgan fingerprint density at radius 2 is 1.86 bits per heavy atom. The van der Waals surface area contributed by atoms with Gasteiger partial charge in [-0.05, 0) is 30.7 Å². The molecular weight excluding hydrogens is 493 g/mol. The number of morpholine rings is 1. The van der Waals surface area contributed by atoms with Crippen LogP contribution in [-0.2, 0) is 4.74 Å². The van der Waals surface area contributed by atoms with Crippen LogP contribution in [0.5, 0.6) is 0 Å². The molecule has 0 radical (unpaired) electrons. The quantitative estimate of drug-likeness (QED) is 0.349. The second-order valence-electron chi connectivity index (χ2n) is 8.09. The van der Waals surface area contributed by atoms with Gasteiger partial charge < -0.3 is 25.5 Å². The Balaban J connectivity index is 1.43. The van der Waals surface area contributed by atoms with Crippen molar-refractivity contribution < 1.29 is 19.4 Å². The number of aromatic nitrogens is 2. The van der Waals surface area contributed by atoms with Gasteiger partial charge in [0.2, 0.25) is 0 Å². The van der Waals surface area contributed by atoms with Crippen LogP contribution in [0.15, 0.2) is 36.5 Å². The molecule has 1 aromatic carbocycles. The topological polar surface area (TPSA) is 120 Å². The molecular formula is C24H25Cl2N5O4. The van der Waals surface area contributed by atoms with Crippen molar-refractivity contribution in [2.24, 2.45) is 0 Å². The van der Waals surface area contributed by atoms with Gasteiger partial charge in [-0.1, -0.05) is 35.3 Å². The van der Waals surface area contributed by atoms with Crippen molar-refractivity contribution in [3.63, 3.8) is 0 Å². The lowest BCUT2D eigenvalue weighted by atomic mass is 10.0. The first-order valence-corrected chi connectivity index (χ1v) is 11.8. The molecule has 0 atom stereocenters. The Kier molecular flexibility index (Phi) is 7.92. The van der Waals surface area contributed by atoms with E-state index in [1.165, 1.54) is 0 Å². The summed E-state index contributed by atoms with van der Waals surface area (Å²) >= 11 is 12.2. The third-order valence-electron chi connectivity index (χ3n) is 5.70. The number of nitrogens with one attached hydrogen (secondary N) is 3. The third kappa shape index (κ3) is 5.94. The molecule has 2 aromatic heterocycles. The number of ether oxygens (including phenoxy) is 1. The highest BCUT2D eigenvalue weighted by Gasteiger charge is 2.18. The summed E-state index contributed by atoms with van der Waals surface area (Å²) in [5.41, 5.74) is 2.84. The van der Waals surface area contributed by atoms with E-state index in [1.807, 2.05) is 0 Å². The van der Waals surface area contributed by atoms with E-state index in [-0.39, 0.29) is 16.3 Å². The van der Waals surface area contributed by atoms with Crippen LogP contribution in [0, 0.1) is 6.92 Å². The normalized spacial score (nSPS) is 14.0. The Morgan fingerprint density at radius 3 is 2.49 bits per heavy atom. The molecule has 35 heavy (non-hydrogen) atoms. The molecule has 0 unspecified atom stereocenters. The SMILES string of the molecule is Cc1[nH]c(C(=O)Nc2ccc(-c3cnc(NCCN4CCOCC4)c(C(=O)O)c3)cc2)c(Cl)c1Cl. The lowest BCUT2D eigenvalue weighted by Gasteiger charge is -2.26. The van der Waals surface area contributed by atoms with Crippen LogP contribution in [0.3, 0.4) is 0 Å². The van der Waals surface area contributed by atoms with E-state index in [0.717, 1.165) is 25.2 Å². The number of benzene rings is 1. The van der Waals surface area contributed by atoms with E-state index in [9.17, 15) is 14.7 Å². The molecule has 184 valence electrons. The molecule has 0 saturated carbocycles. The van der Waals surface area contributed by atoms with Crippen molar-refractivity contribution in [3.05, 3.63) is 63.5 Å². The summed E-state index contributed by atoms with van der Waals surface area (Å²) in [6, 6.07) is 8.57. The van der Waals surface area contributed by atoms with Gasteiger partial charge in [-0.25, -0.2) is 9.78 Å². The molecule has 4 rings (SSSR count). The number of hydrogen-bond acceptors (Lipinski definition) is 6. The van der Waals surface area contributed by atoms with Crippen molar-refractivity contribution in [2.75, 3.05) is 50.0 Å². The molecule has 1 amide bonds. The fourth-order valence-corrected chi connectivity index (χ4v) is 4.17. The number of carbonyl (C=O) groups excluding carboxylic acids is 1. The maximum Gasteiger partial charge on any atom is 0.339 e. The molecule has 1 fully saturated rings. The van der Waals surface area contributed by atoms with E-state index >= 15 is 0 Å². The molecule has 9 nitrogen and oxygen atoms in total. The second kappa shape index (κ2) is 11.1. The first kappa shape index (κ1) is 25.0. The van der Waals surface area contributed by atoms with Gasteiger partial charge in [-0.3, -0.25) is 9.69 Å². The molecule has 0 bridgehead atoms. The smallest absolute Gasteiger partial charge is 0.339 e. The average Bonchev–Trinajstić information content (AvgIpc) is 3.12. The van der Waals surface area contributed by atoms with Crippen LogP contribution >= 0.6 is 23.2 Å². The standard InChI is InChI=1S/C24H25Cl2N5O4/c1-14-19(25)20(26)21(29-14)23(32)30-17-4-2-15(3-5-17)16-12-18(24(33)34)22(28-13-16)27-6-7-31-8-10-35-11-9-31/h2-5,12-13,29H,6-11H2,1H3,(H,27,28)(H,30,32)(H,33,34). The molecule has 0 aliphatic carbocycles. The number of carboxylic acid groups (broad SMARTS) is 1. The number of halogens is 2. The van der Waals surface area contributed by atoms with Gasteiger partial charge in [0.25, 0.3) is 5.91 Å². The van der Waals surface area contributed by atoms with Crippen LogP contribution in [0.4, 0.5) is 11.5 Å². The highest BCUT2D eigenvalue weighted by atomic mass is 35.5. The third-order valence-corrected chi connectivity index (χ3v) is 6.65. The summed E-state index contributed by atoms with van der Waals surface area (Å²) in [7, 11) is 0. The number of aromatic carboxylic acids is 1. The maximum atomic E-state index is 12.5. The van der Waals surface area contributed by atoms with E-state index in [4.69, 9.17) is 27.9 Å². The van der Waals surface area contributed by atoms with Gasteiger partial charge in [-0.15, -0.1) is 0 Å². The zero-order chi connectivity index (χ0) is 24.9. The molecule has 3 aromatic rings. The fourth-order valence-electron chi connectivity index (χ4n) is 3.75. The summed E-state index contributed by atoms with van der Waals surface area (Å²) in [6.45, 7) is 6.23. The van der Waals surface area contributed by atoms with Crippen LogP contribution < -0.4 is 10.6 Å². The molecule has 1 aliphatic heterocycles. The number of H-pyrrole nitrogens is 1. The highest BCUT2D eigenvalue weighted by molar-refractivity contribution is 6.44. The fraction of sp³-hybridized carbons (Fsp3) is 0.292. The van der Waals surface area contributed by atoms with Crippen molar-refractivity contribution in [3.8, 4) is 11.1 Å². The Labute approximate surface area is 212 Å². The highest BCUT2D eigenvalue weighted by Crippen LogP contribution is 2.30. The number of nitrogens with zero attached hydrogens (tertiary/aromatic N) is 2. The number of hydrogen-bond donors (Lipinski definition) is 4. The first-order valence-electron chi connectivity index (χ1n) is 11.1. The van der Waals surface area contributed by atoms with E-state index in [1.54, 1.807) is 43.5 Å². The van der Waals surface area contributed by atoms with Crippen LogP contribution in [0.2, 0.25) is 10.0 Å². The minimum atomic E-state index is -1.06. The number of rotatable bonds is 8. The number of aryl methyl sites for hydroxylation is 1. The van der Waals surface area contributed by atoms with E-state index in [2.05, 4.69) is 25.5 Å². The average molecular weight is 518 g/mol. The van der Waals surface area contributed by atoms with Crippen molar-refractivity contribution in [1.82, 2.24) is 14.9 Å². The number of anilines is 2. The van der Waals surface area contributed by atoms with Gasteiger partial charge in [0.15, 0.2) is 0 Å². The van der Waals surface area contributed by atoms with Crippen molar-refractivity contribution in [2.45, 2.75) is 6.92 Å². The molecule has 1 saturated heterocycles. The lowest BCUT2D eigenvalue weighted by molar-refractivity contribution is 0.0398. The van der Waals surface area contributed by atoms with E-state index < -0.39 is 11.9 Å². The zero-order valence-corrected chi connectivity index (χ0v) is 20.5. The number of pyridine rings is 1. The van der Waals surface area contributed by atoms with Crippen molar-refractivity contribution in [1.29, 1.82) is 0 Å². The molecule has 1 aliphatic rings. The van der Waals surface area contributed by atoms with Crippen LogP contribution in [-0.4, -0.2) is 71.2 Å². The summed E-state index contributed by atoms with van der Waals surface area (Å²) in [6.07, 6.45) is 1.63. The van der Waals surface area contributed by atoms with Crippen LogP contribution in [0.25, 0.3) is 11.1 Å². The molecule has 11 heteroatoms. The second-order valence-corrected chi connectivity index (χ2v) is 8.85. The molecule has 3 heterocycles. The van der Waals surface area contributed by atoms with Gasteiger partial charge in [0, 0.05) is 49.3 Å². The zero-order valence-electron chi connectivity index (χ0n) is 19.0. The van der Waals surface area contributed by atoms with Gasteiger partial charge in [0.05, 0.1) is 23.3 Å². The maximum absolute atomic E-state index is 12.5. The predicted molar refractivity (Wildman–Crippen MR) is 136 cm³/mol. The van der Waals surface area contributed by atoms with Gasteiger partial charge in [0.1, 0.15) is 17.1 Å². The molecule has 0 spiro atoms. The summed E-state index contributed by atoms with van der Waals surface area (Å²) in [5.74, 6) is -1.15. The summed E-state index contributed by atoms with van der Waals surface area (Å²) in [5, 5.41) is 16.1. The lowest BCUT2D eigenvalue weighted by Crippen LogP contribution is -2.39. The van der Waals surface area contributed by atoms with Crippen LogP contribution in [0.1, 0.15) is 26.5 Å². The number of carboxylic acids is 1. The van der Waals surface area contributed by atoms with Gasteiger partial charge >= 0.3 is 5.97 Å². The molecule has 4 N–H and O–H groups in total. The minimum absolute atomic E-state index is 0.0930. The number of aromatic amines is 1. The first-order chi connectivity index (χ1) is 16.8. The summed E-state index contributed by atoms with van der Waals surface area (Å²) < 4.78 is 5.34.